The van der Waals surface area contributed by atoms with E-state index in [0.717, 1.165) is 16.6 Å². The lowest BCUT2D eigenvalue weighted by molar-refractivity contribution is 0.0920. The van der Waals surface area contributed by atoms with E-state index in [4.69, 9.17) is 10.5 Å². The first-order valence-corrected chi connectivity index (χ1v) is 5.92. The van der Waals surface area contributed by atoms with Gasteiger partial charge in [0.15, 0.2) is 5.16 Å². The van der Waals surface area contributed by atoms with E-state index in [0.29, 0.717) is 12.4 Å². The van der Waals surface area contributed by atoms with Crippen LogP contribution in [0.15, 0.2) is 11.2 Å². The zero-order valence-electron chi connectivity index (χ0n) is 9.36. The first-order valence-electron chi connectivity index (χ1n) is 4.93. The molecule has 1 aromatic rings. The van der Waals surface area contributed by atoms with Crippen LogP contribution >= 0.6 is 11.8 Å². The van der Waals surface area contributed by atoms with E-state index in [-0.39, 0.29) is 6.10 Å². The number of hydrogen-bond acceptors (Lipinski definition) is 5. The molecule has 0 aliphatic carbocycles. The van der Waals surface area contributed by atoms with Crippen molar-refractivity contribution in [3.63, 3.8) is 0 Å². The third kappa shape index (κ3) is 4.99. The predicted octanol–water partition coefficient (Wildman–Crippen LogP) is 1.88. The summed E-state index contributed by atoms with van der Waals surface area (Å²) in [5.74, 6) is 1.37. The van der Waals surface area contributed by atoms with Gasteiger partial charge in [-0.2, -0.15) is 0 Å². The third-order valence-corrected chi connectivity index (χ3v) is 2.43. The minimum absolute atomic E-state index is 0.272. The van der Waals surface area contributed by atoms with Gasteiger partial charge < -0.3 is 10.5 Å². The SMILES string of the molecule is Cc1cc(N)nc(SCCOC(C)C)n1. The normalized spacial score (nSPS) is 10.9. The van der Waals surface area contributed by atoms with E-state index in [1.807, 2.05) is 20.8 Å². The molecule has 0 spiro atoms. The summed E-state index contributed by atoms with van der Waals surface area (Å²) in [6.45, 7) is 6.66. The Morgan fingerprint density at radius 1 is 1.47 bits per heavy atom. The molecular formula is C10H17N3OS. The largest absolute Gasteiger partial charge is 0.384 e. The second-order valence-electron chi connectivity index (χ2n) is 3.48. The van der Waals surface area contributed by atoms with Crippen molar-refractivity contribution >= 4 is 17.6 Å². The van der Waals surface area contributed by atoms with Gasteiger partial charge in [0.25, 0.3) is 0 Å². The molecule has 0 atom stereocenters. The summed E-state index contributed by atoms with van der Waals surface area (Å²) in [5.41, 5.74) is 6.51. The predicted molar refractivity (Wildman–Crippen MR) is 63.0 cm³/mol. The summed E-state index contributed by atoms with van der Waals surface area (Å²) >= 11 is 1.56. The zero-order chi connectivity index (χ0) is 11.3. The molecule has 0 fully saturated rings. The molecule has 0 aliphatic heterocycles. The number of hydrogen-bond donors (Lipinski definition) is 1. The summed E-state index contributed by atoms with van der Waals surface area (Å²) < 4.78 is 5.42. The molecule has 1 heterocycles. The number of aromatic nitrogens is 2. The fourth-order valence-electron chi connectivity index (χ4n) is 1.05. The number of aryl methyl sites for hydroxylation is 1. The molecule has 2 N–H and O–H groups in total. The van der Waals surface area contributed by atoms with Crippen molar-refractivity contribution in [1.29, 1.82) is 0 Å². The zero-order valence-corrected chi connectivity index (χ0v) is 10.2. The van der Waals surface area contributed by atoms with Crippen molar-refractivity contribution in [2.75, 3.05) is 18.1 Å². The third-order valence-electron chi connectivity index (χ3n) is 1.62. The van der Waals surface area contributed by atoms with E-state index in [1.54, 1.807) is 17.8 Å². The lowest BCUT2D eigenvalue weighted by atomic mass is 10.4. The average molecular weight is 227 g/mol. The summed E-state index contributed by atoms with van der Waals surface area (Å²) in [5, 5.41) is 0.722. The summed E-state index contributed by atoms with van der Waals surface area (Å²) in [6, 6.07) is 1.76. The molecule has 0 saturated carbocycles. The quantitative estimate of drug-likeness (QED) is 0.473. The van der Waals surface area contributed by atoms with Crippen LogP contribution in [0.2, 0.25) is 0 Å². The molecule has 1 aromatic heterocycles. The number of thioether (sulfide) groups is 1. The Hall–Kier alpha value is -0.810. The van der Waals surface area contributed by atoms with E-state index < -0.39 is 0 Å². The fraction of sp³-hybridized carbons (Fsp3) is 0.600. The molecule has 0 aliphatic rings. The molecule has 1 rings (SSSR count). The minimum atomic E-state index is 0.272. The second-order valence-corrected chi connectivity index (χ2v) is 4.55. The highest BCUT2D eigenvalue weighted by molar-refractivity contribution is 7.99. The Morgan fingerprint density at radius 3 is 2.80 bits per heavy atom. The van der Waals surface area contributed by atoms with Crippen LogP contribution in [-0.4, -0.2) is 28.4 Å². The van der Waals surface area contributed by atoms with Gasteiger partial charge in [0.1, 0.15) is 5.82 Å². The van der Waals surface area contributed by atoms with Crippen molar-refractivity contribution in [2.24, 2.45) is 0 Å². The molecule has 0 aromatic carbocycles. The average Bonchev–Trinajstić information content (AvgIpc) is 2.10. The maximum atomic E-state index is 5.62. The van der Waals surface area contributed by atoms with E-state index in [9.17, 15) is 0 Å². The van der Waals surface area contributed by atoms with Gasteiger partial charge in [-0.3, -0.25) is 0 Å². The van der Waals surface area contributed by atoms with Crippen LogP contribution in [0.25, 0.3) is 0 Å². The second kappa shape index (κ2) is 5.92. The fourth-order valence-corrected chi connectivity index (χ4v) is 1.79. The highest BCUT2D eigenvalue weighted by Gasteiger charge is 2.01. The van der Waals surface area contributed by atoms with Gasteiger partial charge in [-0.15, -0.1) is 0 Å². The van der Waals surface area contributed by atoms with Gasteiger partial charge in [0, 0.05) is 17.5 Å². The van der Waals surface area contributed by atoms with Gasteiger partial charge in [0.05, 0.1) is 12.7 Å². The topological polar surface area (TPSA) is 61.0 Å². The van der Waals surface area contributed by atoms with Crippen molar-refractivity contribution in [3.8, 4) is 0 Å². The number of rotatable bonds is 5. The molecule has 0 saturated heterocycles. The van der Waals surface area contributed by atoms with Crippen LogP contribution in [0.1, 0.15) is 19.5 Å². The Kier molecular flexibility index (Phi) is 4.84. The summed E-state index contributed by atoms with van der Waals surface area (Å²) in [4.78, 5) is 8.39. The van der Waals surface area contributed by atoms with Gasteiger partial charge >= 0.3 is 0 Å². The maximum absolute atomic E-state index is 5.62. The highest BCUT2D eigenvalue weighted by atomic mass is 32.2. The number of nitrogens with zero attached hydrogens (tertiary/aromatic N) is 2. The van der Waals surface area contributed by atoms with Crippen molar-refractivity contribution in [1.82, 2.24) is 9.97 Å². The lowest BCUT2D eigenvalue weighted by Gasteiger charge is -2.06. The van der Waals surface area contributed by atoms with Crippen molar-refractivity contribution in [2.45, 2.75) is 32.0 Å². The minimum Gasteiger partial charge on any atom is -0.384 e. The highest BCUT2D eigenvalue weighted by Crippen LogP contribution is 2.14. The van der Waals surface area contributed by atoms with E-state index in [2.05, 4.69) is 9.97 Å². The molecule has 5 heteroatoms. The molecule has 0 amide bonds. The molecule has 4 nitrogen and oxygen atoms in total. The first-order chi connectivity index (χ1) is 7.08. The van der Waals surface area contributed by atoms with Crippen LogP contribution in [0.5, 0.6) is 0 Å². The van der Waals surface area contributed by atoms with Crippen LogP contribution < -0.4 is 5.73 Å². The van der Waals surface area contributed by atoms with E-state index in [1.165, 1.54) is 0 Å². The molecule has 84 valence electrons. The smallest absolute Gasteiger partial charge is 0.189 e. The van der Waals surface area contributed by atoms with Gasteiger partial charge in [-0.1, -0.05) is 11.8 Å². The number of nitrogen functional groups attached to an aromatic ring is 1. The number of anilines is 1. The van der Waals surface area contributed by atoms with Crippen LogP contribution in [-0.2, 0) is 4.74 Å². The van der Waals surface area contributed by atoms with Gasteiger partial charge in [-0.05, 0) is 20.8 Å². The maximum Gasteiger partial charge on any atom is 0.189 e. The molecule has 0 bridgehead atoms. The molecule has 15 heavy (non-hydrogen) atoms. The van der Waals surface area contributed by atoms with Crippen molar-refractivity contribution in [3.05, 3.63) is 11.8 Å². The van der Waals surface area contributed by atoms with Gasteiger partial charge in [-0.25, -0.2) is 9.97 Å². The van der Waals surface area contributed by atoms with Crippen LogP contribution in [0.4, 0.5) is 5.82 Å². The molecule has 0 radical (unpaired) electrons. The lowest BCUT2D eigenvalue weighted by Crippen LogP contribution is -2.06. The van der Waals surface area contributed by atoms with E-state index >= 15 is 0 Å². The van der Waals surface area contributed by atoms with Crippen molar-refractivity contribution < 1.29 is 4.74 Å². The Bertz CT molecular complexity index is 297. The Labute approximate surface area is 94.6 Å². The summed E-state index contributed by atoms with van der Waals surface area (Å²) in [6.07, 6.45) is 0.272. The molecule has 0 unspecified atom stereocenters. The van der Waals surface area contributed by atoms with Crippen LogP contribution in [0.3, 0.4) is 0 Å². The Morgan fingerprint density at radius 2 is 2.20 bits per heavy atom. The first kappa shape index (κ1) is 12.3. The monoisotopic (exact) mass is 227 g/mol. The molecular weight excluding hydrogens is 210 g/mol. The summed E-state index contributed by atoms with van der Waals surface area (Å²) in [7, 11) is 0. The van der Waals surface area contributed by atoms with Crippen LogP contribution in [0, 0.1) is 6.92 Å². The number of nitrogens with two attached hydrogens (primary N) is 1. The Balaban J connectivity index is 2.37. The standard InChI is InChI=1S/C10H17N3OS/c1-7(2)14-4-5-15-10-12-8(3)6-9(11)13-10/h6-7H,4-5H2,1-3H3,(H2,11,12,13). The van der Waals surface area contributed by atoms with Gasteiger partial charge in [0.2, 0.25) is 0 Å². The number of ether oxygens (including phenoxy) is 1.